The predicted octanol–water partition coefficient (Wildman–Crippen LogP) is 6.44. The van der Waals surface area contributed by atoms with Crippen LogP contribution in [0.2, 0.25) is 0 Å². The average Bonchev–Trinajstić information content (AvgIpc) is 3.38. The van der Waals surface area contributed by atoms with Crippen molar-refractivity contribution in [3.63, 3.8) is 0 Å². The van der Waals surface area contributed by atoms with E-state index in [0.717, 1.165) is 19.3 Å². The summed E-state index contributed by atoms with van der Waals surface area (Å²) < 4.78 is 25.1. The molecule has 4 fully saturated rings. The zero-order valence-corrected chi connectivity index (χ0v) is 31.4. The van der Waals surface area contributed by atoms with E-state index < -0.39 is 58.3 Å². The molecule has 9 heteroatoms. The van der Waals surface area contributed by atoms with Crippen LogP contribution in [0.4, 0.5) is 0 Å². The fourth-order valence-electron chi connectivity index (χ4n) is 12.1. The van der Waals surface area contributed by atoms with E-state index in [1.54, 1.807) is 26.0 Å². The van der Waals surface area contributed by atoms with Crippen LogP contribution < -0.4 is 0 Å². The summed E-state index contributed by atoms with van der Waals surface area (Å²) in [7, 11) is 0. The number of aliphatic hydroxyl groups is 2. The summed E-state index contributed by atoms with van der Waals surface area (Å²) in [4.78, 5) is 39.1. The predicted molar refractivity (Wildman–Crippen MR) is 187 cm³/mol. The van der Waals surface area contributed by atoms with Crippen LogP contribution in [-0.2, 0) is 28.5 Å². The molecule has 0 radical (unpaired) electrons. The van der Waals surface area contributed by atoms with Crippen LogP contribution in [0.3, 0.4) is 0 Å². The lowest BCUT2D eigenvalue weighted by Gasteiger charge is -2.70. The fourth-order valence-corrected chi connectivity index (χ4v) is 12.1. The first-order chi connectivity index (χ1) is 23.2. The maximum atomic E-state index is 13.4. The minimum Gasteiger partial charge on any atom is -0.462 e. The van der Waals surface area contributed by atoms with Crippen molar-refractivity contribution in [2.75, 3.05) is 6.61 Å². The molecule has 6 rings (SSSR count). The second-order valence-electron chi connectivity index (χ2n) is 17.9. The van der Waals surface area contributed by atoms with Gasteiger partial charge in [-0.2, -0.15) is 0 Å². The first-order valence-corrected chi connectivity index (χ1v) is 18.6. The Kier molecular flexibility index (Phi) is 9.43. The third-order valence-electron chi connectivity index (χ3n) is 14.3. The van der Waals surface area contributed by atoms with E-state index in [1.165, 1.54) is 19.4 Å². The Morgan fingerprint density at radius 2 is 1.50 bits per heavy atom. The van der Waals surface area contributed by atoms with Crippen molar-refractivity contribution in [3.8, 4) is 0 Å². The number of aliphatic hydroxyl groups excluding tert-OH is 1. The highest BCUT2D eigenvalue weighted by molar-refractivity contribution is 5.89. The number of fused-ring (bicyclic) bond motifs is 5. The van der Waals surface area contributed by atoms with Crippen molar-refractivity contribution in [1.29, 1.82) is 0 Å². The average molecular weight is 695 g/mol. The number of carbonyl (C=O) groups is 3. The van der Waals surface area contributed by atoms with Crippen molar-refractivity contribution in [2.45, 2.75) is 137 Å². The van der Waals surface area contributed by atoms with Crippen LogP contribution in [0.1, 0.15) is 111 Å². The summed E-state index contributed by atoms with van der Waals surface area (Å²) in [5.41, 5.74) is -1.21. The van der Waals surface area contributed by atoms with Crippen LogP contribution in [0.5, 0.6) is 0 Å². The molecule has 1 aliphatic heterocycles. The molecule has 0 amide bonds. The molecule has 5 aliphatic rings. The van der Waals surface area contributed by atoms with Gasteiger partial charge in [0.25, 0.3) is 0 Å². The third-order valence-corrected chi connectivity index (χ3v) is 14.3. The Balaban J connectivity index is 1.37. The molecular weight excluding hydrogens is 636 g/mol. The second-order valence-corrected chi connectivity index (χ2v) is 17.9. The normalized spacial score (nSPS) is 42.2. The van der Waals surface area contributed by atoms with Gasteiger partial charge in [-0.05, 0) is 87.2 Å². The van der Waals surface area contributed by atoms with Gasteiger partial charge in [-0.3, -0.25) is 9.59 Å². The highest BCUT2D eigenvalue weighted by Gasteiger charge is 2.72. The number of benzene rings is 1. The summed E-state index contributed by atoms with van der Waals surface area (Å²) in [5, 5.41) is 21.7. The second kappa shape index (κ2) is 12.7. The van der Waals surface area contributed by atoms with Crippen LogP contribution in [0.25, 0.3) is 0 Å². The first-order valence-electron chi connectivity index (χ1n) is 18.6. The van der Waals surface area contributed by atoms with Gasteiger partial charge in [-0.15, -0.1) is 0 Å². The van der Waals surface area contributed by atoms with Gasteiger partial charge in [0.1, 0.15) is 24.4 Å². The molecule has 0 bridgehead atoms. The van der Waals surface area contributed by atoms with Crippen molar-refractivity contribution in [2.24, 2.45) is 45.3 Å². The Morgan fingerprint density at radius 1 is 0.860 bits per heavy atom. The van der Waals surface area contributed by atoms with Crippen LogP contribution >= 0.6 is 0 Å². The van der Waals surface area contributed by atoms with E-state index >= 15 is 0 Å². The Bertz CT molecular complexity index is 1510. The summed E-state index contributed by atoms with van der Waals surface area (Å²) in [6.45, 7) is 17.9. The molecule has 1 aromatic carbocycles. The van der Waals surface area contributed by atoms with Crippen molar-refractivity contribution in [3.05, 3.63) is 47.5 Å². The molecule has 0 spiro atoms. The summed E-state index contributed by atoms with van der Waals surface area (Å²) in [6.07, 6.45) is 3.47. The molecule has 2 N–H and O–H groups in total. The highest BCUT2D eigenvalue weighted by Crippen LogP contribution is 2.74. The molecule has 1 aromatic rings. The Morgan fingerprint density at radius 3 is 2.10 bits per heavy atom. The Labute approximate surface area is 297 Å². The fraction of sp³-hybridized carbons (Fsp3) is 0.732. The molecule has 0 aromatic heterocycles. The summed E-state index contributed by atoms with van der Waals surface area (Å²) in [5.74, 6) is -0.904. The number of hydrogen-bond donors (Lipinski definition) is 2. The third kappa shape index (κ3) is 5.83. The van der Waals surface area contributed by atoms with Crippen molar-refractivity contribution >= 4 is 17.9 Å². The molecular formula is C41H58O9. The van der Waals surface area contributed by atoms with Crippen LogP contribution in [0, 0.1) is 45.3 Å². The van der Waals surface area contributed by atoms with E-state index in [4.69, 9.17) is 18.9 Å². The lowest BCUT2D eigenvalue weighted by molar-refractivity contribution is -0.260. The molecule has 3 saturated carbocycles. The monoisotopic (exact) mass is 694 g/mol. The summed E-state index contributed by atoms with van der Waals surface area (Å²) >= 11 is 0. The molecule has 276 valence electrons. The van der Waals surface area contributed by atoms with E-state index in [-0.39, 0.29) is 41.0 Å². The van der Waals surface area contributed by atoms with E-state index in [9.17, 15) is 24.6 Å². The zero-order chi connectivity index (χ0) is 36.6. The largest absolute Gasteiger partial charge is 0.462 e. The van der Waals surface area contributed by atoms with Crippen LogP contribution in [0.15, 0.2) is 42.0 Å². The molecule has 12 atom stereocenters. The molecule has 9 nitrogen and oxygen atoms in total. The first kappa shape index (κ1) is 37.0. The van der Waals surface area contributed by atoms with Gasteiger partial charge < -0.3 is 29.2 Å². The van der Waals surface area contributed by atoms with Gasteiger partial charge in [0.15, 0.2) is 0 Å². The molecule has 50 heavy (non-hydrogen) atoms. The number of esters is 3. The summed E-state index contributed by atoms with van der Waals surface area (Å²) in [6, 6.07) is 8.95. The van der Waals surface area contributed by atoms with Gasteiger partial charge >= 0.3 is 17.9 Å². The number of rotatable bonds is 6. The van der Waals surface area contributed by atoms with Crippen molar-refractivity contribution < 1.29 is 43.5 Å². The van der Waals surface area contributed by atoms with Gasteiger partial charge in [-0.25, -0.2) is 4.79 Å². The topological polar surface area (TPSA) is 129 Å². The Hall–Kier alpha value is -2.75. The van der Waals surface area contributed by atoms with E-state index in [1.807, 2.05) is 18.2 Å². The zero-order valence-electron chi connectivity index (χ0n) is 31.4. The van der Waals surface area contributed by atoms with Gasteiger partial charge in [0, 0.05) is 36.5 Å². The quantitative estimate of drug-likeness (QED) is 0.197. The smallest absolute Gasteiger partial charge is 0.338 e. The van der Waals surface area contributed by atoms with Gasteiger partial charge in [0.05, 0.1) is 23.9 Å². The number of hydrogen-bond acceptors (Lipinski definition) is 9. The van der Waals surface area contributed by atoms with Gasteiger partial charge in [0.2, 0.25) is 0 Å². The number of carbonyl (C=O) groups excluding carboxylic acids is 3. The van der Waals surface area contributed by atoms with E-state index in [0.29, 0.717) is 31.4 Å². The molecule has 0 unspecified atom stereocenters. The molecule has 1 saturated heterocycles. The maximum absolute atomic E-state index is 13.4. The lowest BCUT2D eigenvalue weighted by atomic mass is 9.36. The highest BCUT2D eigenvalue weighted by atomic mass is 16.6. The SMILES string of the molecule is CC(=O)O[C@H]1C[C@H](OC(=O)c2ccccc2)C(C)(C)[C@@H]2C[C@@H](OC(C)=O)[C@@]3(C)C4=CC[C@H]([C@H]5CO[C@H](C(C)(C)O)[C@H](O)C5)[C@]4(C)CC[C@@H]3[C@@]12C. The maximum Gasteiger partial charge on any atom is 0.338 e. The standard InChI is InChI=1S/C41H58O9/c1-23(42)48-33-20-31-37(3,4)32(50-36(45)25-13-11-10-12-14-25)21-34(49-24(2)43)41(31,9)30-17-18-39(7)27(15-16-29(39)40(30,33)8)26-19-28(44)35(47-22-26)38(5,6)46/h10-14,16,26-28,30-35,44,46H,15,17-22H2,1-9H3/t26-,27-,28-,30+,31+,32+,33-,34+,35+,39+,40+,41-/m1/s1. The number of ether oxygens (including phenoxy) is 4. The van der Waals surface area contributed by atoms with E-state index in [2.05, 4.69) is 40.7 Å². The molecule has 4 aliphatic carbocycles. The van der Waals surface area contributed by atoms with Crippen molar-refractivity contribution in [1.82, 2.24) is 0 Å². The number of allylic oxidation sites excluding steroid dienone is 1. The van der Waals surface area contributed by atoms with Crippen LogP contribution in [-0.4, -0.2) is 70.8 Å². The lowest BCUT2D eigenvalue weighted by Crippen LogP contribution is -2.70. The molecule has 1 heterocycles. The minimum absolute atomic E-state index is 0.00154. The van der Waals surface area contributed by atoms with Gasteiger partial charge in [-0.1, -0.05) is 64.5 Å². The minimum atomic E-state index is -1.14.